The van der Waals surface area contributed by atoms with Gasteiger partial charge >= 0.3 is 0 Å². The zero-order chi connectivity index (χ0) is 26.2. The Morgan fingerprint density at radius 2 is 2.00 bits per heavy atom. The Morgan fingerprint density at radius 3 is 2.70 bits per heavy atom. The molecule has 5 rings (SSSR count). The molecule has 0 spiro atoms. The van der Waals surface area contributed by atoms with Crippen molar-refractivity contribution >= 4 is 45.2 Å². The lowest BCUT2D eigenvalue weighted by atomic mass is 9.87. The summed E-state index contributed by atoms with van der Waals surface area (Å²) in [5, 5.41) is 13.6. The number of nitrogens with zero attached hydrogens (tertiary/aromatic N) is 6. The molecule has 0 amide bonds. The van der Waals surface area contributed by atoms with E-state index in [-0.39, 0.29) is 16.9 Å². The van der Waals surface area contributed by atoms with E-state index in [1.807, 2.05) is 42.5 Å². The molecule has 8 nitrogen and oxygen atoms in total. The van der Waals surface area contributed by atoms with Gasteiger partial charge in [-0.3, -0.25) is 0 Å². The van der Waals surface area contributed by atoms with Gasteiger partial charge in [0.2, 0.25) is 5.95 Å². The van der Waals surface area contributed by atoms with Crippen LogP contribution in [0.1, 0.15) is 42.4 Å². The lowest BCUT2D eigenvalue weighted by molar-refractivity contribution is 0.216. The van der Waals surface area contributed by atoms with E-state index in [1.54, 1.807) is 0 Å². The number of nitrogens with one attached hydrogen (secondary N) is 1. The fraction of sp³-hybridized carbons (Fsp3) is 0.429. The fourth-order valence-electron chi connectivity index (χ4n) is 5.33. The Labute approximate surface area is 221 Å². The molecule has 1 atom stereocenters. The topological polar surface area (TPSA) is 89.8 Å². The van der Waals surface area contributed by atoms with Crippen molar-refractivity contribution < 1.29 is 5.11 Å². The lowest BCUT2D eigenvalue weighted by Crippen LogP contribution is -2.32. The lowest BCUT2D eigenvalue weighted by Gasteiger charge is -2.30. The average Bonchev–Trinajstić information content (AvgIpc) is 3.17. The maximum absolute atomic E-state index is 10.2. The molecule has 2 aliphatic rings. The molecule has 1 fully saturated rings. The molecular formula is C28H36N7OS-. The van der Waals surface area contributed by atoms with Crippen molar-refractivity contribution in [2.75, 3.05) is 49.8 Å². The molecular weight excluding hydrogens is 482 g/mol. The van der Waals surface area contributed by atoms with Gasteiger partial charge < -0.3 is 34.9 Å². The van der Waals surface area contributed by atoms with E-state index >= 15 is 0 Å². The first-order valence-electron chi connectivity index (χ1n) is 12.7. The second-order valence-electron chi connectivity index (χ2n) is 10.6. The molecule has 2 aromatic heterocycles. The van der Waals surface area contributed by atoms with Crippen LogP contribution in [0, 0.1) is 6.92 Å². The molecule has 1 aromatic carbocycles. The second kappa shape index (κ2) is 10.4. The fourth-order valence-corrected chi connectivity index (χ4v) is 5.75. The third-order valence-corrected chi connectivity index (χ3v) is 7.96. The van der Waals surface area contributed by atoms with Gasteiger partial charge in [-0.15, -0.1) is 6.26 Å². The van der Waals surface area contributed by atoms with Crippen molar-refractivity contribution in [2.24, 2.45) is 4.36 Å². The van der Waals surface area contributed by atoms with Gasteiger partial charge in [-0.05, 0) is 81.2 Å². The summed E-state index contributed by atoms with van der Waals surface area (Å²) in [4.78, 5) is 18.7. The predicted molar refractivity (Wildman–Crippen MR) is 154 cm³/mol. The number of aliphatic hydroxyl groups is 1. The normalized spacial score (nSPS) is 21.3. The van der Waals surface area contributed by atoms with Gasteiger partial charge in [-0.25, -0.2) is 15.8 Å². The van der Waals surface area contributed by atoms with Crippen LogP contribution in [0.5, 0.6) is 0 Å². The summed E-state index contributed by atoms with van der Waals surface area (Å²) in [6.45, 7) is 7.06. The quantitative estimate of drug-likeness (QED) is 0.363. The van der Waals surface area contributed by atoms with Crippen LogP contribution in [0.2, 0.25) is 0 Å². The molecule has 2 aliphatic heterocycles. The number of piperidine rings is 1. The molecule has 3 aromatic rings. The van der Waals surface area contributed by atoms with Gasteiger partial charge in [0, 0.05) is 29.4 Å². The van der Waals surface area contributed by atoms with Crippen LogP contribution in [0.4, 0.5) is 29.1 Å². The van der Waals surface area contributed by atoms with Gasteiger partial charge in [0.15, 0.2) is 0 Å². The Bertz CT molecular complexity index is 1380. The first-order valence-corrected chi connectivity index (χ1v) is 14.5. The maximum Gasteiger partial charge on any atom is 0.229 e. The van der Waals surface area contributed by atoms with E-state index in [9.17, 15) is 5.11 Å². The van der Waals surface area contributed by atoms with Gasteiger partial charge in [0.05, 0.1) is 6.61 Å². The van der Waals surface area contributed by atoms with Crippen LogP contribution in [-0.2, 0) is 15.7 Å². The van der Waals surface area contributed by atoms with Crippen molar-refractivity contribution in [1.29, 1.82) is 0 Å². The second-order valence-corrected chi connectivity index (χ2v) is 11.9. The minimum atomic E-state index is -0.490. The molecule has 0 unspecified atom stereocenters. The summed E-state index contributed by atoms with van der Waals surface area (Å²) in [6, 6.07) is 12.3. The first-order chi connectivity index (χ1) is 17.8. The highest BCUT2D eigenvalue weighted by Gasteiger charge is 2.41. The third kappa shape index (κ3) is 5.35. The van der Waals surface area contributed by atoms with Crippen LogP contribution in [-0.4, -0.2) is 70.4 Å². The number of aliphatic hydroxyl groups excluding tert-OH is 1. The van der Waals surface area contributed by atoms with E-state index in [4.69, 9.17) is 9.97 Å². The molecule has 0 radical (unpaired) electrons. The molecule has 0 aliphatic carbocycles. The van der Waals surface area contributed by atoms with E-state index in [0.717, 1.165) is 36.0 Å². The van der Waals surface area contributed by atoms with Crippen LogP contribution >= 0.6 is 0 Å². The summed E-state index contributed by atoms with van der Waals surface area (Å²) in [5.41, 5.74) is 4.11. The van der Waals surface area contributed by atoms with E-state index < -0.39 is 5.41 Å². The van der Waals surface area contributed by atoms with Crippen LogP contribution in [0.25, 0.3) is 0 Å². The number of pyridine rings is 1. The van der Waals surface area contributed by atoms with Gasteiger partial charge in [0.1, 0.15) is 17.5 Å². The van der Waals surface area contributed by atoms with Crippen molar-refractivity contribution in [2.45, 2.75) is 38.0 Å². The smallest absolute Gasteiger partial charge is 0.229 e. The number of benzene rings is 1. The summed E-state index contributed by atoms with van der Waals surface area (Å²) >= 11 is 0. The Kier molecular flexibility index (Phi) is 7.20. The number of hydrogen-bond donors (Lipinski definition) is 2. The molecule has 1 saturated heterocycles. The zero-order valence-electron chi connectivity index (χ0n) is 22.1. The Hall–Kier alpha value is -3.01. The monoisotopic (exact) mass is 518 g/mol. The Balaban J connectivity index is 1.43. The summed E-state index contributed by atoms with van der Waals surface area (Å²) < 4.78 is 4.51. The zero-order valence-corrected chi connectivity index (χ0v) is 22.9. The van der Waals surface area contributed by atoms with Crippen LogP contribution in [0.3, 0.4) is 0 Å². The highest BCUT2D eigenvalue weighted by molar-refractivity contribution is 7.84. The molecule has 9 heteroatoms. The number of aromatic nitrogens is 3. The highest BCUT2D eigenvalue weighted by atomic mass is 32.2. The number of anilines is 4. The number of aryl methyl sites for hydroxylation is 1. The van der Waals surface area contributed by atoms with E-state index in [0.29, 0.717) is 24.2 Å². The summed E-state index contributed by atoms with van der Waals surface area (Å²) in [6.07, 6.45) is 6.19. The van der Waals surface area contributed by atoms with E-state index in [1.165, 1.54) is 24.0 Å². The van der Waals surface area contributed by atoms with Gasteiger partial charge in [-0.1, -0.05) is 19.1 Å². The predicted octanol–water partition coefficient (Wildman–Crippen LogP) is 4.63. The minimum absolute atomic E-state index is 0.00832. The number of fused-ring (bicyclic) bond motifs is 1. The largest absolute Gasteiger partial charge is 0.395 e. The molecule has 0 saturated carbocycles. The highest BCUT2D eigenvalue weighted by Crippen LogP contribution is 2.43. The van der Waals surface area contributed by atoms with Gasteiger partial charge in [-0.2, -0.15) is 4.98 Å². The Morgan fingerprint density at radius 1 is 1.22 bits per heavy atom. The SMILES string of the molecule is C=[S-](C)=Nc1cccc(N2C[C@@](C)(CO)c3cnc(Nc4ccc(C5CCN(C)CC5)c(C)c4)nc32)n1. The molecule has 4 heterocycles. The summed E-state index contributed by atoms with van der Waals surface area (Å²) in [5.74, 6) is 7.25. The van der Waals surface area contributed by atoms with Crippen molar-refractivity contribution in [3.8, 4) is 0 Å². The molecule has 0 bridgehead atoms. The number of rotatable bonds is 6. The molecule has 37 heavy (non-hydrogen) atoms. The number of likely N-dealkylation sites (tertiary alicyclic amines) is 1. The molecule has 2 N–H and O–H groups in total. The first kappa shape index (κ1) is 25.6. The van der Waals surface area contributed by atoms with Crippen molar-refractivity contribution in [3.05, 3.63) is 59.3 Å². The third-order valence-electron chi connectivity index (χ3n) is 7.46. The summed E-state index contributed by atoms with van der Waals surface area (Å²) in [7, 11) is 1.84. The van der Waals surface area contributed by atoms with Crippen molar-refractivity contribution in [1.82, 2.24) is 19.9 Å². The molecule has 196 valence electrons. The minimum Gasteiger partial charge on any atom is -0.395 e. The van der Waals surface area contributed by atoms with Crippen LogP contribution < -0.4 is 10.2 Å². The van der Waals surface area contributed by atoms with Crippen molar-refractivity contribution in [3.63, 3.8) is 0 Å². The van der Waals surface area contributed by atoms with E-state index in [2.05, 4.69) is 57.6 Å². The maximum atomic E-state index is 10.2. The average molecular weight is 519 g/mol. The van der Waals surface area contributed by atoms with Crippen LogP contribution in [0.15, 0.2) is 47.0 Å². The number of hydrogen-bond acceptors (Lipinski definition) is 9. The van der Waals surface area contributed by atoms with Gasteiger partial charge in [0.25, 0.3) is 0 Å². The standard InChI is InChI=1S/C28H36N7OS/c1-19-15-21(9-10-22(19)20-11-13-34(3)14-12-20)30-27-29-16-23-26(32-27)35(17-28(23,2)18-36)25-8-6-7-24(31-25)33-37(4)5/h6-10,15-16,20,36H,4,11-14,17-18H2,1-3,5H3,(H,29,30,32)/q-1/t28-/m0/s1.